The number of aliphatic hydroxyl groups excluding tert-OH is 2. The molecule has 0 aliphatic heterocycles. The van der Waals surface area contributed by atoms with E-state index in [0.717, 1.165) is 66.0 Å². The van der Waals surface area contributed by atoms with Gasteiger partial charge in [0, 0.05) is 42.2 Å². The van der Waals surface area contributed by atoms with Gasteiger partial charge < -0.3 is 24.1 Å². The summed E-state index contributed by atoms with van der Waals surface area (Å²) in [6, 6.07) is 14.1. The van der Waals surface area contributed by atoms with E-state index in [4.69, 9.17) is 19.0 Å². The highest BCUT2D eigenvalue weighted by molar-refractivity contribution is 5.84. The molecular formula is C28H34O6. The molecule has 1 aromatic heterocycles. The van der Waals surface area contributed by atoms with Crippen molar-refractivity contribution in [2.75, 3.05) is 26.4 Å². The van der Waals surface area contributed by atoms with E-state index in [2.05, 4.69) is 31.7 Å². The van der Waals surface area contributed by atoms with Crippen molar-refractivity contribution in [2.45, 2.75) is 39.0 Å². The summed E-state index contributed by atoms with van der Waals surface area (Å²) in [6.07, 6.45) is 5.12. The standard InChI is InChI=1S/C28H34O6/c1-3-28(31)32-14-5-4-7-22(18-30)19-33-24-11-10-23-16-27(34-26(23)17-24)25-12-9-21(8-6-13-29)15-20(25)2/h3,9-12,15-17,22,29-30H,1,4-8,13-14,18-19H2,2H3. The minimum atomic E-state index is -0.413. The molecule has 0 aliphatic carbocycles. The molecule has 0 saturated heterocycles. The summed E-state index contributed by atoms with van der Waals surface area (Å²) in [7, 11) is 0. The Hall–Kier alpha value is -3.09. The zero-order valence-corrected chi connectivity index (χ0v) is 19.8. The fourth-order valence-corrected chi connectivity index (χ4v) is 3.88. The first-order valence-corrected chi connectivity index (χ1v) is 11.8. The maximum Gasteiger partial charge on any atom is 0.330 e. The molecule has 3 rings (SSSR count). The van der Waals surface area contributed by atoms with Crippen LogP contribution in [-0.4, -0.2) is 42.6 Å². The Morgan fingerprint density at radius 1 is 1.12 bits per heavy atom. The van der Waals surface area contributed by atoms with E-state index >= 15 is 0 Å². The Labute approximate surface area is 200 Å². The van der Waals surface area contributed by atoms with Crippen LogP contribution in [0.25, 0.3) is 22.3 Å². The lowest BCUT2D eigenvalue weighted by Crippen LogP contribution is -2.16. The third-order valence-corrected chi connectivity index (χ3v) is 5.83. The summed E-state index contributed by atoms with van der Waals surface area (Å²) < 4.78 is 17.0. The summed E-state index contributed by atoms with van der Waals surface area (Å²) in [5.74, 6) is 1.10. The normalized spacial score (nSPS) is 12.0. The van der Waals surface area contributed by atoms with Crippen molar-refractivity contribution in [3.8, 4) is 17.1 Å². The van der Waals surface area contributed by atoms with E-state index in [1.165, 1.54) is 5.56 Å². The van der Waals surface area contributed by atoms with Gasteiger partial charge in [0.2, 0.25) is 0 Å². The van der Waals surface area contributed by atoms with Gasteiger partial charge in [0.1, 0.15) is 17.1 Å². The summed E-state index contributed by atoms with van der Waals surface area (Å²) >= 11 is 0. The molecule has 2 aromatic carbocycles. The number of rotatable bonds is 14. The van der Waals surface area contributed by atoms with Gasteiger partial charge in [-0.25, -0.2) is 4.79 Å². The quantitative estimate of drug-likeness (QED) is 0.192. The van der Waals surface area contributed by atoms with Gasteiger partial charge in [0.25, 0.3) is 0 Å². The highest BCUT2D eigenvalue weighted by atomic mass is 16.5. The molecule has 1 unspecified atom stereocenters. The van der Waals surface area contributed by atoms with Crippen LogP contribution in [0.4, 0.5) is 0 Å². The van der Waals surface area contributed by atoms with Crippen molar-refractivity contribution in [3.05, 3.63) is 66.2 Å². The number of hydrogen-bond donors (Lipinski definition) is 2. The first-order valence-electron chi connectivity index (χ1n) is 11.8. The van der Waals surface area contributed by atoms with Gasteiger partial charge in [0.15, 0.2) is 0 Å². The topological polar surface area (TPSA) is 89.1 Å². The fourth-order valence-electron chi connectivity index (χ4n) is 3.88. The highest BCUT2D eigenvalue weighted by Gasteiger charge is 2.12. The van der Waals surface area contributed by atoms with E-state index in [0.29, 0.717) is 19.0 Å². The van der Waals surface area contributed by atoms with Crippen molar-refractivity contribution >= 4 is 16.9 Å². The number of hydrogen-bond acceptors (Lipinski definition) is 6. The van der Waals surface area contributed by atoms with Crippen LogP contribution >= 0.6 is 0 Å². The fraction of sp³-hybridized carbons (Fsp3) is 0.393. The van der Waals surface area contributed by atoms with Gasteiger partial charge in [0.05, 0.1) is 13.2 Å². The van der Waals surface area contributed by atoms with E-state index in [9.17, 15) is 9.90 Å². The second-order valence-corrected chi connectivity index (χ2v) is 8.51. The van der Waals surface area contributed by atoms with Crippen LogP contribution < -0.4 is 4.74 Å². The van der Waals surface area contributed by atoms with E-state index < -0.39 is 5.97 Å². The van der Waals surface area contributed by atoms with Crippen molar-refractivity contribution in [3.63, 3.8) is 0 Å². The average Bonchev–Trinajstić information content (AvgIpc) is 3.27. The van der Waals surface area contributed by atoms with E-state index in [1.807, 2.05) is 24.3 Å². The molecule has 0 aliphatic rings. The predicted octanol–water partition coefficient (Wildman–Crippen LogP) is 5.22. The number of aliphatic hydroxyl groups is 2. The van der Waals surface area contributed by atoms with Gasteiger partial charge in [-0.1, -0.05) is 24.8 Å². The molecule has 0 spiro atoms. The van der Waals surface area contributed by atoms with Crippen LogP contribution in [0, 0.1) is 12.8 Å². The third kappa shape index (κ3) is 7.20. The number of benzene rings is 2. The van der Waals surface area contributed by atoms with Gasteiger partial charge >= 0.3 is 5.97 Å². The maximum absolute atomic E-state index is 11.0. The largest absolute Gasteiger partial charge is 0.493 e. The number of carbonyl (C=O) groups is 1. The molecule has 3 aromatic rings. The molecule has 34 heavy (non-hydrogen) atoms. The first-order chi connectivity index (χ1) is 16.5. The van der Waals surface area contributed by atoms with Crippen molar-refractivity contribution in [1.82, 2.24) is 0 Å². The molecule has 6 heteroatoms. The number of furan rings is 1. The molecule has 2 N–H and O–H groups in total. The summed E-state index contributed by atoms with van der Waals surface area (Å²) in [4.78, 5) is 11.0. The molecule has 0 radical (unpaired) electrons. The number of aryl methyl sites for hydroxylation is 2. The Morgan fingerprint density at radius 3 is 2.71 bits per heavy atom. The summed E-state index contributed by atoms with van der Waals surface area (Å²) in [6.45, 7) is 6.42. The lowest BCUT2D eigenvalue weighted by Gasteiger charge is -2.15. The van der Waals surface area contributed by atoms with Crippen LogP contribution in [-0.2, 0) is 16.0 Å². The average molecular weight is 467 g/mol. The Kier molecular flexibility index (Phi) is 9.74. The van der Waals surface area contributed by atoms with Crippen LogP contribution in [0.2, 0.25) is 0 Å². The Bertz CT molecular complexity index is 1080. The van der Waals surface area contributed by atoms with Crippen molar-refractivity contribution in [1.29, 1.82) is 0 Å². The van der Waals surface area contributed by atoms with E-state index in [-0.39, 0.29) is 19.1 Å². The molecule has 182 valence electrons. The minimum Gasteiger partial charge on any atom is -0.493 e. The van der Waals surface area contributed by atoms with Gasteiger partial charge in [-0.2, -0.15) is 0 Å². The Morgan fingerprint density at radius 2 is 1.97 bits per heavy atom. The number of esters is 1. The summed E-state index contributed by atoms with van der Waals surface area (Å²) in [5, 5.41) is 19.7. The second-order valence-electron chi connectivity index (χ2n) is 8.51. The van der Waals surface area contributed by atoms with Crippen LogP contribution in [0.5, 0.6) is 5.75 Å². The van der Waals surface area contributed by atoms with E-state index in [1.54, 1.807) is 0 Å². The van der Waals surface area contributed by atoms with Gasteiger partial charge in [-0.3, -0.25) is 0 Å². The number of fused-ring (bicyclic) bond motifs is 1. The van der Waals surface area contributed by atoms with Crippen LogP contribution in [0.1, 0.15) is 36.8 Å². The molecule has 0 fully saturated rings. The van der Waals surface area contributed by atoms with Crippen molar-refractivity contribution in [2.24, 2.45) is 5.92 Å². The lowest BCUT2D eigenvalue weighted by atomic mass is 10.0. The van der Waals surface area contributed by atoms with Gasteiger partial charge in [-0.05, 0) is 68.4 Å². The third-order valence-electron chi connectivity index (χ3n) is 5.83. The minimum absolute atomic E-state index is 0.00459. The van der Waals surface area contributed by atoms with Crippen LogP contribution in [0.15, 0.2) is 59.5 Å². The molecule has 0 saturated carbocycles. The lowest BCUT2D eigenvalue weighted by molar-refractivity contribution is -0.137. The number of unbranched alkanes of at least 4 members (excludes halogenated alkanes) is 1. The molecular weight excluding hydrogens is 432 g/mol. The predicted molar refractivity (Wildman–Crippen MR) is 133 cm³/mol. The zero-order chi connectivity index (χ0) is 24.3. The van der Waals surface area contributed by atoms with Gasteiger partial charge in [-0.15, -0.1) is 0 Å². The van der Waals surface area contributed by atoms with Crippen LogP contribution in [0.3, 0.4) is 0 Å². The molecule has 6 nitrogen and oxygen atoms in total. The molecule has 0 bridgehead atoms. The monoisotopic (exact) mass is 466 g/mol. The molecule has 0 amide bonds. The number of carbonyl (C=O) groups excluding carboxylic acids is 1. The number of ether oxygens (including phenoxy) is 2. The van der Waals surface area contributed by atoms with Crippen molar-refractivity contribution < 1.29 is 28.9 Å². The highest BCUT2D eigenvalue weighted by Crippen LogP contribution is 2.32. The maximum atomic E-state index is 11.0. The Balaban J connectivity index is 1.57. The second kappa shape index (κ2) is 13.0. The molecule has 1 heterocycles. The first kappa shape index (κ1) is 25.5. The SMILES string of the molecule is C=CC(=O)OCCCCC(CO)COc1ccc2cc(-c3ccc(CCCO)cc3C)oc2c1. The molecule has 1 atom stereocenters. The smallest absolute Gasteiger partial charge is 0.330 e. The summed E-state index contributed by atoms with van der Waals surface area (Å²) in [5.41, 5.74) is 4.14. The zero-order valence-electron chi connectivity index (χ0n) is 19.8.